The molecule has 1 aromatic carbocycles. The molecular formula is C17H26N2O3S. The van der Waals surface area contributed by atoms with Crippen molar-refractivity contribution in [1.82, 2.24) is 5.32 Å². The second-order valence-corrected chi connectivity index (χ2v) is 7.62. The van der Waals surface area contributed by atoms with Gasteiger partial charge >= 0.3 is 0 Å². The van der Waals surface area contributed by atoms with Gasteiger partial charge in [-0.3, -0.25) is 9.00 Å². The summed E-state index contributed by atoms with van der Waals surface area (Å²) in [6.07, 6.45) is 1.74. The van der Waals surface area contributed by atoms with Crippen LogP contribution in [0, 0.1) is 5.92 Å². The first kappa shape index (κ1) is 18.1. The van der Waals surface area contributed by atoms with Gasteiger partial charge in [-0.25, -0.2) is 0 Å². The Kier molecular flexibility index (Phi) is 7.20. The Bertz CT molecular complexity index is 550. The van der Waals surface area contributed by atoms with Gasteiger partial charge in [0.2, 0.25) is 5.91 Å². The van der Waals surface area contributed by atoms with E-state index in [9.17, 15) is 9.00 Å². The largest absolute Gasteiger partial charge is 0.384 e. The molecule has 1 aliphatic rings. The van der Waals surface area contributed by atoms with E-state index in [0.29, 0.717) is 24.2 Å². The zero-order valence-electron chi connectivity index (χ0n) is 13.8. The summed E-state index contributed by atoms with van der Waals surface area (Å²) in [7, 11) is 0.659. The molecule has 5 nitrogen and oxygen atoms in total. The van der Waals surface area contributed by atoms with E-state index in [1.165, 1.54) is 0 Å². The van der Waals surface area contributed by atoms with Crippen LogP contribution >= 0.6 is 0 Å². The van der Waals surface area contributed by atoms with Gasteiger partial charge in [-0.05, 0) is 44.0 Å². The monoisotopic (exact) mass is 338 g/mol. The molecule has 0 spiro atoms. The topological polar surface area (TPSA) is 67.4 Å². The van der Waals surface area contributed by atoms with Crippen molar-refractivity contribution in [2.75, 3.05) is 31.3 Å². The molecule has 2 N–H and O–H groups in total. The first-order valence-corrected chi connectivity index (χ1v) is 9.54. The maximum Gasteiger partial charge on any atom is 0.227 e. The third-order valence-electron chi connectivity index (χ3n) is 4.03. The lowest BCUT2D eigenvalue weighted by Crippen LogP contribution is -2.40. The zero-order chi connectivity index (χ0) is 16.7. The molecule has 1 aliphatic heterocycles. The smallest absolute Gasteiger partial charge is 0.227 e. The second-order valence-electron chi connectivity index (χ2n) is 6.05. The van der Waals surface area contributed by atoms with Gasteiger partial charge in [0, 0.05) is 47.1 Å². The summed E-state index contributed by atoms with van der Waals surface area (Å²) in [6, 6.07) is 8.00. The Labute approximate surface area is 140 Å². The third kappa shape index (κ3) is 6.05. The highest BCUT2D eigenvalue weighted by Gasteiger charge is 2.24. The molecule has 1 fully saturated rings. The number of piperidine rings is 1. The number of hydrogen-bond acceptors (Lipinski definition) is 4. The number of rotatable bonds is 7. The van der Waals surface area contributed by atoms with E-state index in [-0.39, 0.29) is 11.8 Å². The van der Waals surface area contributed by atoms with Gasteiger partial charge < -0.3 is 15.4 Å². The fourth-order valence-electron chi connectivity index (χ4n) is 2.79. The van der Waals surface area contributed by atoms with E-state index in [2.05, 4.69) is 17.6 Å². The number of ether oxygens (including phenoxy) is 1. The van der Waals surface area contributed by atoms with Crippen LogP contribution in [-0.4, -0.2) is 42.2 Å². The molecule has 0 radical (unpaired) electrons. The van der Waals surface area contributed by atoms with Gasteiger partial charge in [0.1, 0.15) is 0 Å². The summed E-state index contributed by atoms with van der Waals surface area (Å²) >= 11 is 0. The van der Waals surface area contributed by atoms with Crippen molar-refractivity contribution in [3.8, 4) is 0 Å². The maximum atomic E-state index is 12.4. The molecule has 1 saturated heterocycles. The Morgan fingerprint density at radius 3 is 3.04 bits per heavy atom. The normalized spacial score (nSPS) is 22.5. The zero-order valence-corrected chi connectivity index (χ0v) is 14.7. The van der Waals surface area contributed by atoms with Crippen LogP contribution in [0.5, 0.6) is 0 Å². The lowest BCUT2D eigenvalue weighted by molar-refractivity contribution is -0.120. The molecule has 0 saturated carbocycles. The van der Waals surface area contributed by atoms with Crippen molar-refractivity contribution in [2.24, 2.45) is 5.92 Å². The Morgan fingerprint density at radius 1 is 1.48 bits per heavy atom. The van der Waals surface area contributed by atoms with Gasteiger partial charge in [0.15, 0.2) is 0 Å². The molecule has 1 heterocycles. The van der Waals surface area contributed by atoms with E-state index in [4.69, 9.17) is 4.74 Å². The molecule has 23 heavy (non-hydrogen) atoms. The number of benzene rings is 1. The first-order chi connectivity index (χ1) is 11.1. The number of carbonyl (C=O) groups excluding carboxylic acids is 1. The minimum Gasteiger partial charge on any atom is -0.384 e. The SMILES string of the molecule is COCCS(=O)Cc1cccc(NC(=O)[C@H]2CCN[C@@H](C)C2)c1. The lowest BCUT2D eigenvalue weighted by atomic mass is 9.92. The average molecular weight is 338 g/mol. The van der Waals surface area contributed by atoms with Crippen LogP contribution in [0.4, 0.5) is 5.69 Å². The van der Waals surface area contributed by atoms with E-state index >= 15 is 0 Å². The molecule has 6 heteroatoms. The van der Waals surface area contributed by atoms with Crippen LogP contribution in [0.15, 0.2) is 24.3 Å². The molecule has 0 aromatic heterocycles. The van der Waals surface area contributed by atoms with Gasteiger partial charge in [0.05, 0.1) is 6.61 Å². The molecule has 128 valence electrons. The van der Waals surface area contributed by atoms with Crippen molar-refractivity contribution in [3.63, 3.8) is 0 Å². The van der Waals surface area contributed by atoms with E-state index < -0.39 is 10.8 Å². The highest BCUT2D eigenvalue weighted by molar-refractivity contribution is 7.84. The highest BCUT2D eigenvalue weighted by atomic mass is 32.2. The summed E-state index contributed by atoms with van der Waals surface area (Å²) < 4.78 is 16.9. The standard InChI is InChI=1S/C17H26N2O3S/c1-13-10-15(6-7-18-13)17(20)19-16-5-3-4-14(11-16)12-23(21)9-8-22-2/h3-5,11,13,15,18H,6-10,12H2,1-2H3,(H,19,20)/t13-,15-,23?/m0/s1. The molecule has 1 aromatic rings. The fraction of sp³-hybridized carbons (Fsp3) is 0.588. The molecular weight excluding hydrogens is 312 g/mol. The second kappa shape index (κ2) is 9.15. The minimum absolute atomic E-state index is 0.0609. The van der Waals surface area contributed by atoms with Crippen LogP contribution in [0.2, 0.25) is 0 Å². The van der Waals surface area contributed by atoms with Crippen molar-refractivity contribution in [2.45, 2.75) is 31.6 Å². The summed E-state index contributed by atoms with van der Waals surface area (Å²) in [6.45, 7) is 3.49. The van der Waals surface area contributed by atoms with Gasteiger partial charge in [-0.1, -0.05) is 12.1 Å². The Balaban J connectivity index is 1.91. The molecule has 1 unspecified atom stereocenters. The summed E-state index contributed by atoms with van der Waals surface area (Å²) in [5, 5.41) is 6.35. The predicted molar refractivity (Wildman–Crippen MR) is 93.8 cm³/mol. The minimum atomic E-state index is -0.947. The Hall–Kier alpha value is -1.24. The van der Waals surface area contributed by atoms with Crippen LogP contribution in [0.3, 0.4) is 0 Å². The molecule has 3 atom stereocenters. The summed E-state index contributed by atoms with van der Waals surface area (Å²) in [4.78, 5) is 12.4. The number of methoxy groups -OCH3 is 1. The van der Waals surface area contributed by atoms with Gasteiger partial charge in [-0.2, -0.15) is 0 Å². The quantitative estimate of drug-likeness (QED) is 0.797. The third-order valence-corrected chi connectivity index (χ3v) is 5.31. The molecule has 2 rings (SSSR count). The van der Waals surface area contributed by atoms with Gasteiger partial charge in [-0.15, -0.1) is 0 Å². The van der Waals surface area contributed by atoms with Crippen LogP contribution < -0.4 is 10.6 Å². The van der Waals surface area contributed by atoms with E-state index in [1.54, 1.807) is 7.11 Å². The van der Waals surface area contributed by atoms with Crippen LogP contribution in [0.1, 0.15) is 25.3 Å². The van der Waals surface area contributed by atoms with Crippen LogP contribution in [0.25, 0.3) is 0 Å². The van der Waals surface area contributed by atoms with Crippen molar-refractivity contribution >= 4 is 22.4 Å². The number of carbonyl (C=O) groups is 1. The lowest BCUT2D eigenvalue weighted by Gasteiger charge is -2.27. The van der Waals surface area contributed by atoms with E-state index in [0.717, 1.165) is 30.6 Å². The highest BCUT2D eigenvalue weighted by Crippen LogP contribution is 2.19. The number of nitrogens with one attached hydrogen (secondary N) is 2. The van der Waals surface area contributed by atoms with Gasteiger partial charge in [0.25, 0.3) is 0 Å². The molecule has 1 amide bonds. The number of anilines is 1. The number of hydrogen-bond donors (Lipinski definition) is 2. The fourth-order valence-corrected chi connectivity index (χ4v) is 3.84. The van der Waals surface area contributed by atoms with E-state index in [1.807, 2.05) is 24.3 Å². The van der Waals surface area contributed by atoms with Crippen molar-refractivity contribution in [1.29, 1.82) is 0 Å². The molecule has 0 bridgehead atoms. The van der Waals surface area contributed by atoms with Crippen molar-refractivity contribution < 1.29 is 13.7 Å². The van der Waals surface area contributed by atoms with Crippen LogP contribution in [-0.2, 0) is 26.1 Å². The maximum absolute atomic E-state index is 12.4. The molecule has 0 aliphatic carbocycles. The first-order valence-electron chi connectivity index (χ1n) is 8.05. The predicted octanol–water partition coefficient (Wildman–Crippen LogP) is 1.91. The number of amides is 1. The summed E-state index contributed by atoms with van der Waals surface area (Å²) in [5.74, 6) is 1.15. The summed E-state index contributed by atoms with van der Waals surface area (Å²) in [5.41, 5.74) is 1.75. The van der Waals surface area contributed by atoms with Crippen molar-refractivity contribution in [3.05, 3.63) is 29.8 Å². The average Bonchev–Trinajstić information content (AvgIpc) is 2.53. The Morgan fingerprint density at radius 2 is 2.30 bits per heavy atom.